The molecule has 1 saturated heterocycles. The number of fused-ring (bicyclic) bond motifs is 3. The lowest BCUT2D eigenvalue weighted by Crippen LogP contribution is -2.31. The number of anilines is 1. The van der Waals surface area contributed by atoms with E-state index in [-0.39, 0.29) is 9.79 Å². The van der Waals surface area contributed by atoms with Crippen molar-refractivity contribution in [1.82, 2.24) is 5.32 Å². The molecule has 2 N–H and O–H groups in total. The lowest BCUT2D eigenvalue weighted by molar-refractivity contribution is 0.454. The van der Waals surface area contributed by atoms with Crippen LogP contribution >= 0.6 is 0 Å². The molecule has 0 radical (unpaired) electrons. The van der Waals surface area contributed by atoms with Crippen LogP contribution in [0.5, 0.6) is 0 Å². The normalized spacial score (nSPS) is 25.6. The number of hydrogen-bond acceptors (Lipinski definition) is 4. The zero-order valence-electron chi connectivity index (χ0n) is 14.0. The Hall–Kier alpha value is -1.92. The van der Waals surface area contributed by atoms with Crippen molar-refractivity contribution in [3.05, 3.63) is 53.8 Å². The highest BCUT2D eigenvalue weighted by atomic mass is 32.2. The molecule has 2 aliphatic rings. The van der Waals surface area contributed by atoms with E-state index in [1.165, 1.54) is 18.2 Å². The molecule has 2 heterocycles. The van der Waals surface area contributed by atoms with Crippen LogP contribution in [0.15, 0.2) is 52.3 Å². The maximum absolute atomic E-state index is 13.5. The van der Waals surface area contributed by atoms with Crippen LogP contribution in [0.3, 0.4) is 0 Å². The Morgan fingerprint density at radius 3 is 2.72 bits per heavy atom. The molecule has 0 saturated carbocycles. The summed E-state index contributed by atoms with van der Waals surface area (Å²) in [5.41, 5.74) is 2.07. The predicted molar refractivity (Wildman–Crippen MR) is 95.1 cm³/mol. The summed E-state index contributed by atoms with van der Waals surface area (Å²) < 4.78 is 39.2. The number of sulfone groups is 1. The van der Waals surface area contributed by atoms with Gasteiger partial charge < -0.3 is 10.6 Å². The third kappa shape index (κ3) is 2.83. The standard InChI is InChI=1S/C19H21FN2O2S/c1-12-11-21-8-7-16-17-10-15(5-6-18(17)22-19(12)16)25(23,24)14-4-2-3-13(20)9-14/h2-6,9-10,12,16,19,21-22H,7-8,11H2,1H3/t12?,16-,19?/m0/s1. The van der Waals surface area contributed by atoms with Crippen LogP contribution in [0.2, 0.25) is 0 Å². The van der Waals surface area contributed by atoms with Crippen molar-refractivity contribution in [2.45, 2.75) is 35.1 Å². The zero-order valence-corrected chi connectivity index (χ0v) is 14.8. The third-order valence-electron chi connectivity index (χ3n) is 5.31. The summed E-state index contributed by atoms with van der Waals surface area (Å²) in [4.78, 5) is 0.218. The van der Waals surface area contributed by atoms with Crippen LogP contribution in [-0.2, 0) is 9.84 Å². The fourth-order valence-electron chi connectivity index (χ4n) is 3.98. The van der Waals surface area contributed by atoms with Gasteiger partial charge in [0.25, 0.3) is 0 Å². The van der Waals surface area contributed by atoms with Crippen molar-refractivity contribution >= 4 is 15.5 Å². The Labute approximate surface area is 147 Å². The SMILES string of the molecule is CC1CNCC[C@H]2c3cc(S(=O)(=O)c4cccc(F)c4)ccc3NC12. The van der Waals surface area contributed by atoms with E-state index < -0.39 is 15.7 Å². The quantitative estimate of drug-likeness (QED) is 0.864. The second-order valence-corrected chi connectivity index (χ2v) is 8.91. The Kier molecular flexibility index (Phi) is 4.04. The molecular weight excluding hydrogens is 339 g/mol. The first-order chi connectivity index (χ1) is 12.0. The van der Waals surface area contributed by atoms with Crippen LogP contribution in [0.4, 0.5) is 10.1 Å². The van der Waals surface area contributed by atoms with Gasteiger partial charge in [0.2, 0.25) is 9.84 Å². The molecule has 132 valence electrons. The molecule has 1 fully saturated rings. The van der Waals surface area contributed by atoms with E-state index in [2.05, 4.69) is 17.6 Å². The molecule has 2 aliphatic heterocycles. The average molecular weight is 360 g/mol. The molecule has 0 spiro atoms. The van der Waals surface area contributed by atoms with Gasteiger partial charge in [0.15, 0.2) is 0 Å². The van der Waals surface area contributed by atoms with Gasteiger partial charge in [-0.2, -0.15) is 0 Å². The van der Waals surface area contributed by atoms with Crippen molar-refractivity contribution in [3.8, 4) is 0 Å². The minimum absolute atomic E-state index is 0.00847. The van der Waals surface area contributed by atoms with Gasteiger partial charge in [-0.3, -0.25) is 0 Å². The van der Waals surface area contributed by atoms with E-state index >= 15 is 0 Å². The second kappa shape index (κ2) is 6.11. The van der Waals surface area contributed by atoms with E-state index in [0.717, 1.165) is 36.8 Å². The number of benzene rings is 2. The van der Waals surface area contributed by atoms with Gasteiger partial charge >= 0.3 is 0 Å². The second-order valence-electron chi connectivity index (χ2n) is 6.96. The van der Waals surface area contributed by atoms with E-state index in [0.29, 0.717) is 17.9 Å². The fourth-order valence-corrected chi connectivity index (χ4v) is 5.31. The van der Waals surface area contributed by atoms with Crippen molar-refractivity contribution < 1.29 is 12.8 Å². The first-order valence-electron chi connectivity index (χ1n) is 8.58. The Balaban J connectivity index is 1.75. The monoisotopic (exact) mass is 360 g/mol. The Morgan fingerprint density at radius 2 is 1.92 bits per heavy atom. The van der Waals surface area contributed by atoms with Crippen LogP contribution in [0.1, 0.15) is 24.8 Å². The summed E-state index contributed by atoms with van der Waals surface area (Å²) in [5.74, 6) is 0.207. The molecule has 0 amide bonds. The topological polar surface area (TPSA) is 58.2 Å². The van der Waals surface area contributed by atoms with Crippen LogP contribution in [0.25, 0.3) is 0 Å². The first-order valence-corrected chi connectivity index (χ1v) is 10.1. The molecule has 0 aromatic heterocycles. The molecule has 2 unspecified atom stereocenters. The van der Waals surface area contributed by atoms with Gasteiger partial charge in [-0.1, -0.05) is 13.0 Å². The Bertz CT molecular complexity index is 913. The van der Waals surface area contributed by atoms with Crippen molar-refractivity contribution in [3.63, 3.8) is 0 Å². The number of rotatable bonds is 2. The molecule has 25 heavy (non-hydrogen) atoms. The van der Waals surface area contributed by atoms with Crippen molar-refractivity contribution in [1.29, 1.82) is 0 Å². The molecule has 0 bridgehead atoms. The molecule has 6 heteroatoms. The summed E-state index contributed by atoms with van der Waals surface area (Å²) in [6.45, 7) is 4.09. The minimum Gasteiger partial charge on any atom is -0.381 e. The molecule has 2 aromatic rings. The summed E-state index contributed by atoms with van der Waals surface area (Å²) >= 11 is 0. The molecule has 0 aliphatic carbocycles. The van der Waals surface area contributed by atoms with Crippen LogP contribution < -0.4 is 10.6 Å². The largest absolute Gasteiger partial charge is 0.381 e. The third-order valence-corrected chi connectivity index (χ3v) is 7.06. The van der Waals surface area contributed by atoms with Crippen molar-refractivity contribution in [2.75, 3.05) is 18.4 Å². The van der Waals surface area contributed by atoms with Gasteiger partial charge in [-0.25, -0.2) is 12.8 Å². The molecule has 2 aromatic carbocycles. The van der Waals surface area contributed by atoms with Crippen LogP contribution in [-0.4, -0.2) is 27.5 Å². The summed E-state index contributed by atoms with van der Waals surface area (Å²) in [7, 11) is -3.73. The smallest absolute Gasteiger partial charge is 0.206 e. The number of hydrogen-bond donors (Lipinski definition) is 2. The highest BCUT2D eigenvalue weighted by Crippen LogP contribution is 2.43. The van der Waals surface area contributed by atoms with E-state index in [4.69, 9.17) is 0 Å². The summed E-state index contributed by atoms with van der Waals surface area (Å²) in [6, 6.07) is 10.7. The highest BCUT2D eigenvalue weighted by molar-refractivity contribution is 7.91. The average Bonchev–Trinajstić information content (AvgIpc) is 2.86. The zero-order chi connectivity index (χ0) is 17.6. The molecule has 3 atom stereocenters. The van der Waals surface area contributed by atoms with Gasteiger partial charge in [-0.05, 0) is 67.4 Å². The minimum atomic E-state index is -3.73. The predicted octanol–water partition coefficient (Wildman–Crippen LogP) is 3.17. The molecule has 4 rings (SSSR count). The summed E-state index contributed by atoms with van der Waals surface area (Å²) in [6.07, 6.45) is 0.971. The number of halogens is 1. The lowest BCUT2D eigenvalue weighted by atomic mass is 9.87. The Morgan fingerprint density at radius 1 is 1.12 bits per heavy atom. The van der Waals surface area contributed by atoms with Gasteiger partial charge in [0.1, 0.15) is 5.82 Å². The number of nitrogens with one attached hydrogen (secondary N) is 2. The van der Waals surface area contributed by atoms with Crippen LogP contribution in [0, 0.1) is 11.7 Å². The van der Waals surface area contributed by atoms with E-state index in [1.807, 2.05) is 6.07 Å². The van der Waals surface area contributed by atoms with Crippen molar-refractivity contribution in [2.24, 2.45) is 5.92 Å². The maximum atomic E-state index is 13.5. The highest BCUT2D eigenvalue weighted by Gasteiger charge is 2.37. The van der Waals surface area contributed by atoms with E-state index in [9.17, 15) is 12.8 Å². The van der Waals surface area contributed by atoms with Gasteiger partial charge in [0.05, 0.1) is 9.79 Å². The lowest BCUT2D eigenvalue weighted by Gasteiger charge is -2.22. The molecule has 4 nitrogen and oxygen atoms in total. The maximum Gasteiger partial charge on any atom is 0.206 e. The molecular formula is C19H21FN2O2S. The fraction of sp³-hybridized carbons (Fsp3) is 0.368. The van der Waals surface area contributed by atoms with Gasteiger partial charge in [0, 0.05) is 17.6 Å². The first kappa shape index (κ1) is 16.5. The van der Waals surface area contributed by atoms with Gasteiger partial charge in [-0.15, -0.1) is 0 Å². The van der Waals surface area contributed by atoms with E-state index in [1.54, 1.807) is 12.1 Å². The summed E-state index contributed by atoms with van der Waals surface area (Å²) in [5, 5.41) is 6.99.